The van der Waals surface area contributed by atoms with Crippen molar-refractivity contribution < 1.29 is 9.59 Å². The van der Waals surface area contributed by atoms with E-state index in [4.69, 9.17) is 0 Å². The number of benzene rings is 2. The predicted molar refractivity (Wildman–Crippen MR) is 120 cm³/mol. The van der Waals surface area contributed by atoms with E-state index >= 15 is 0 Å². The van der Waals surface area contributed by atoms with Crippen molar-refractivity contribution in [1.82, 2.24) is 15.1 Å². The standard InChI is InChI=1S/C25H33N3O2/c1-20(23-13-7-4-8-14-23)26-25(30)21(2)27-16-18-28(19-17-27)24(29)15-9-12-22-10-5-3-6-11-22/h3-8,10-11,13-14,20-21H,9,12,15-19H2,1-2H3,(H,26,30). The van der Waals surface area contributed by atoms with Crippen molar-refractivity contribution in [1.29, 1.82) is 0 Å². The number of aryl methyl sites for hydroxylation is 1. The second-order valence-corrected chi connectivity index (χ2v) is 8.07. The first kappa shape index (κ1) is 22.0. The number of carbonyl (C=O) groups is 2. The van der Waals surface area contributed by atoms with E-state index in [9.17, 15) is 9.59 Å². The zero-order chi connectivity index (χ0) is 21.3. The monoisotopic (exact) mass is 407 g/mol. The van der Waals surface area contributed by atoms with Crippen molar-refractivity contribution in [2.45, 2.75) is 45.2 Å². The van der Waals surface area contributed by atoms with Crippen molar-refractivity contribution in [3.63, 3.8) is 0 Å². The Kier molecular flexibility index (Phi) is 8.03. The number of hydrogen-bond acceptors (Lipinski definition) is 3. The SMILES string of the molecule is CC(NC(=O)C(C)N1CCN(C(=O)CCCc2ccccc2)CC1)c1ccccc1. The molecule has 1 aliphatic rings. The molecule has 30 heavy (non-hydrogen) atoms. The van der Waals surface area contributed by atoms with Gasteiger partial charge in [0.25, 0.3) is 0 Å². The Bertz CT molecular complexity index is 802. The maximum absolute atomic E-state index is 12.7. The molecule has 2 aromatic rings. The summed E-state index contributed by atoms with van der Waals surface area (Å²) in [5.41, 5.74) is 2.38. The summed E-state index contributed by atoms with van der Waals surface area (Å²) in [6.07, 6.45) is 2.39. The van der Waals surface area contributed by atoms with Crippen LogP contribution in [0.4, 0.5) is 0 Å². The van der Waals surface area contributed by atoms with Gasteiger partial charge in [-0.15, -0.1) is 0 Å². The summed E-state index contributed by atoms with van der Waals surface area (Å²) in [7, 11) is 0. The third-order valence-electron chi connectivity index (χ3n) is 5.95. The molecule has 5 nitrogen and oxygen atoms in total. The molecule has 0 aromatic heterocycles. The lowest BCUT2D eigenvalue weighted by atomic mass is 10.1. The van der Waals surface area contributed by atoms with Crippen LogP contribution in [0.15, 0.2) is 60.7 Å². The van der Waals surface area contributed by atoms with Crippen LogP contribution in [0, 0.1) is 0 Å². The van der Waals surface area contributed by atoms with Crippen LogP contribution >= 0.6 is 0 Å². The molecule has 2 amide bonds. The minimum atomic E-state index is -0.202. The van der Waals surface area contributed by atoms with Gasteiger partial charge in [0.15, 0.2) is 0 Å². The van der Waals surface area contributed by atoms with Gasteiger partial charge < -0.3 is 10.2 Å². The maximum Gasteiger partial charge on any atom is 0.237 e. The van der Waals surface area contributed by atoms with Crippen LogP contribution in [0.5, 0.6) is 0 Å². The lowest BCUT2D eigenvalue weighted by molar-refractivity contribution is -0.134. The molecular weight excluding hydrogens is 374 g/mol. The molecule has 5 heteroatoms. The van der Waals surface area contributed by atoms with Crippen molar-refractivity contribution in [2.75, 3.05) is 26.2 Å². The van der Waals surface area contributed by atoms with E-state index in [0.29, 0.717) is 19.5 Å². The second-order valence-electron chi connectivity index (χ2n) is 8.07. The molecule has 3 rings (SSSR count). The summed E-state index contributed by atoms with van der Waals surface area (Å²) in [6.45, 7) is 6.81. The van der Waals surface area contributed by atoms with E-state index in [2.05, 4.69) is 22.3 Å². The Morgan fingerprint density at radius 2 is 1.50 bits per heavy atom. The van der Waals surface area contributed by atoms with Gasteiger partial charge >= 0.3 is 0 Å². The fourth-order valence-corrected chi connectivity index (χ4v) is 3.93. The Morgan fingerprint density at radius 1 is 0.900 bits per heavy atom. The topological polar surface area (TPSA) is 52.7 Å². The molecule has 2 aromatic carbocycles. The van der Waals surface area contributed by atoms with Gasteiger partial charge in [0.05, 0.1) is 12.1 Å². The molecule has 160 valence electrons. The first-order chi connectivity index (χ1) is 14.5. The van der Waals surface area contributed by atoms with E-state index in [-0.39, 0.29) is 23.9 Å². The molecule has 2 unspecified atom stereocenters. The van der Waals surface area contributed by atoms with Crippen LogP contribution in [0.25, 0.3) is 0 Å². The van der Waals surface area contributed by atoms with Gasteiger partial charge in [-0.25, -0.2) is 0 Å². The Labute approximate surface area is 180 Å². The molecule has 0 bridgehead atoms. The van der Waals surface area contributed by atoms with Crippen molar-refractivity contribution in [3.05, 3.63) is 71.8 Å². The summed E-state index contributed by atoms with van der Waals surface area (Å²) in [5, 5.41) is 3.11. The first-order valence-corrected chi connectivity index (χ1v) is 11.0. The fraction of sp³-hybridized carbons (Fsp3) is 0.440. The highest BCUT2D eigenvalue weighted by atomic mass is 16.2. The average molecular weight is 408 g/mol. The number of nitrogens with one attached hydrogen (secondary N) is 1. The van der Waals surface area contributed by atoms with E-state index in [0.717, 1.165) is 31.5 Å². The molecule has 1 saturated heterocycles. The number of carbonyl (C=O) groups excluding carboxylic acids is 2. The van der Waals surface area contributed by atoms with Gasteiger partial charge in [-0.05, 0) is 37.8 Å². The van der Waals surface area contributed by atoms with Crippen LogP contribution in [-0.2, 0) is 16.0 Å². The minimum Gasteiger partial charge on any atom is -0.348 e. The molecule has 1 N–H and O–H groups in total. The van der Waals surface area contributed by atoms with E-state index in [1.807, 2.05) is 67.3 Å². The molecule has 0 aliphatic carbocycles. The Morgan fingerprint density at radius 3 is 2.13 bits per heavy atom. The number of nitrogens with zero attached hydrogens (tertiary/aromatic N) is 2. The lowest BCUT2D eigenvalue weighted by Crippen LogP contribution is -2.55. The summed E-state index contributed by atoms with van der Waals surface area (Å²) < 4.78 is 0. The average Bonchev–Trinajstić information content (AvgIpc) is 2.79. The molecular formula is C25H33N3O2. The molecule has 1 aliphatic heterocycles. The van der Waals surface area contributed by atoms with Crippen molar-refractivity contribution >= 4 is 11.8 Å². The zero-order valence-electron chi connectivity index (χ0n) is 18.1. The van der Waals surface area contributed by atoms with Gasteiger partial charge in [0.2, 0.25) is 11.8 Å². The zero-order valence-corrected chi connectivity index (χ0v) is 18.1. The fourth-order valence-electron chi connectivity index (χ4n) is 3.93. The second kappa shape index (κ2) is 10.9. The van der Waals surface area contributed by atoms with Gasteiger partial charge in [-0.1, -0.05) is 60.7 Å². The molecule has 0 spiro atoms. The molecule has 2 atom stereocenters. The Balaban J connectivity index is 1.39. The lowest BCUT2D eigenvalue weighted by Gasteiger charge is -2.37. The van der Waals surface area contributed by atoms with E-state index in [1.165, 1.54) is 5.56 Å². The van der Waals surface area contributed by atoms with Crippen LogP contribution in [0.2, 0.25) is 0 Å². The van der Waals surface area contributed by atoms with E-state index < -0.39 is 0 Å². The number of piperazine rings is 1. The quantitative estimate of drug-likeness (QED) is 0.730. The van der Waals surface area contributed by atoms with Crippen molar-refractivity contribution in [3.8, 4) is 0 Å². The van der Waals surface area contributed by atoms with Gasteiger partial charge in [-0.3, -0.25) is 14.5 Å². The van der Waals surface area contributed by atoms with Crippen molar-refractivity contribution in [2.24, 2.45) is 0 Å². The largest absolute Gasteiger partial charge is 0.348 e. The molecule has 0 radical (unpaired) electrons. The Hall–Kier alpha value is -2.66. The first-order valence-electron chi connectivity index (χ1n) is 11.0. The van der Waals surface area contributed by atoms with Crippen LogP contribution in [0.3, 0.4) is 0 Å². The van der Waals surface area contributed by atoms with E-state index in [1.54, 1.807) is 0 Å². The summed E-state index contributed by atoms with van der Waals surface area (Å²) in [5.74, 6) is 0.259. The summed E-state index contributed by atoms with van der Waals surface area (Å²) in [4.78, 5) is 29.3. The highest BCUT2D eigenvalue weighted by molar-refractivity contribution is 5.82. The molecule has 0 saturated carbocycles. The normalized spacial score (nSPS) is 16.7. The molecule has 1 heterocycles. The smallest absolute Gasteiger partial charge is 0.237 e. The minimum absolute atomic E-state index is 0.0198. The number of rotatable bonds is 8. The predicted octanol–water partition coefficient (Wildman–Crippen LogP) is 3.42. The number of amides is 2. The van der Waals surface area contributed by atoms with Crippen LogP contribution in [0.1, 0.15) is 43.9 Å². The van der Waals surface area contributed by atoms with Crippen LogP contribution in [-0.4, -0.2) is 53.8 Å². The van der Waals surface area contributed by atoms with Gasteiger partial charge in [0.1, 0.15) is 0 Å². The van der Waals surface area contributed by atoms with Gasteiger partial charge in [-0.2, -0.15) is 0 Å². The van der Waals surface area contributed by atoms with Crippen LogP contribution < -0.4 is 5.32 Å². The number of hydrogen-bond donors (Lipinski definition) is 1. The third-order valence-corrected chi connectivity index (χ3v) is 5.95. The maximum atomic E-state index is 12.7. The summed E-state index contributed by atoms with van der Waals surface area (Å²) >= 11 is 0. The highest BCUT2D eigenvalue weighted by Crippen LogP contribution is 2.14. The summed E-state index contributed by atoms with van der Waals surface area (Å²) in [6, 6.07) is 20.1. The molecule has 1 fully saturated rings. The van der Waals surface area contributed by atoms with Gasteiger partial charge in [0, 0.05) is 32.6 Å². The third kappa shape index (κ3) is 6.17. The highest BCUT2D eigenvalue weighted by Gasteiger charge is 2.27.